The molecule has 4 nitrogen and oxygen atoms in total. The topological polar surface area (TPSA) is 44.1 Å². The summed E-state index contributed by atoms with van der Waals surface area (Å²) in [6.07, 6.45) is 49.1. The maximum Gasteiger partial charge on any atom is 0.226 e. The molecule has 0 aromatic carbocycles. The lowest BCUT2D eigenvalue weighted by Gasteiger charge is -2.17. The number of nitrogens with one attached hydrogen (secondary N) is 2. The average Bonchev–Trinajstić information content (AvgIpc) is 3.53. The Hall–Kier alpha value is -0.900. The summed E-state index contributed by atoms with van der Waals surface area (Å²) in [7, 11) is 0. The van der Waals surface area contributed by atoms with E-state index in [1.165, 1.54) is 205 Å². The number of nitrogens with zero attached hydrogens (tertiary/aromatic N) is 1. The first-order valence-electron chi connectivity index (χ1n) is 21.3. The maximum absolute atomic E-state index is 12.6. The van der Waals surface area contributed by atoms with Gasteiger partial charge in [0.25, 0.3) is 0 Å². The third-order valence-corrected chi connectivity index (χ3v) is 10.4. The van der Waals surface area contributed by atoms with Crippen LogP contribution >= 0.6 is 0 Å². The van der Waals surface area contributed by atoms with E-state index in [-0.39, 0.29) is 12.1 Å². The molecule has 0 saturated heterocycles. The number of amides is 1. The summed E-state index contributed by atoms with van der Waals surface area (Å²) in [4.78, 5) is 12.6. The number of rotatable bonds is 36. The predicted molar refractivity (Wildman–Crippen MR) is 204 cm³/mol. The van der Waals surface area contributed by atoms with E-state index < -0.39 is 0 Å². The molecular formula is C42H84N3O+. The van der Waals surface area contributed by atoms with Gasteiger partial charge in [-0.25, -0.2) is 9.89 Å². The molecule has 2 unspecified atom stereocenters. The monoisotopic (exact) mass is 647 g/mol. The van der Waals surface area contributed by atoms with Crippen LogP contribution in [0, 0.1) is 0 Å². The molecule has 1 aliphatic rings. The number of carbonyl (C=O) groups excluding carboxylic acids is 1. The van der Waals surface area contributed by atoms with Crippen LogP contribution in [-0.2, 0) is 4.79 Å². The van der Waals surface area contributed by atoms with Gasteiger partial charge in [-0.1, -0.05) is 206 Å². The molecule has 0 aromatic heterocycles. The number of unbranched alkanes of at least 4 members (excludes halogenated alkanes) is 30. The van der Waals surface area contributed by atoms with E-state index in [1.54, 1.807) is 0 Å². The van der Waals surface area contributed by atoms with Crippen LogP contribution in [0.4, 0.5) is 0 Å². The highest BCUT2D eigenvalue weighted by Gasteiger charge is 2.30. The third-order valence-electron chi connectivity index (χ3n) is 10.4. The highest BCUT2D eigenvalue weighted by atomic mass is 16.1. The average molecular weight is 647 g/mol. The molecule has 1 amide bonds. The van der Waals surface area contributed by atoms with Gasteiger partial charge in [-0.2, -0.15) is 0 Å². The van der Waals surface area contributed by atoms with Gasteiger partial charge in [0.2, 0.25) is 18.2 Å². The Morgan fingerprint density at radius 2 is 0.891 bits per heavy atom. The Morgan fingerprint density at radius 1 is 0.565 bits per heavy atom. The van der Waals surface area contributed by atoms with Crippen molar-refractivity contribution in [3.8, 4) is 0 Å². The molecule has 2 atom stereocenters. The first-order valence-corrected chi connectivity index (χ1v) is 21.3. The van der Waals surface area contributed by atoms with Gasteiger partial charge < -0.3 is 0 Å². The van der Waals surface area contributed by atoms with Crippen molar-refractivity contribution in [2.45, 2.75) is 251 Å². The fourth-order valence-corrected chi connectivity index (χ4v) is 7.31. The minimum Gasteiger partial charge on any atom is -0.299 e. The molecule has 46 heavy (non-hydrogen) atoms. The molecule has 0 bridgehead atoms. The second-order valence-electron chi connectivity index (χ2n) is 14.9. The Kier molecular flexibility index (Phi) is 31.9. The van der Waals surface area contributed by atoms with Crippen molar-refractivity contribution >= 4 is 12.1 Å². The fourth-order valence-electron chi connectivity index (χ4n) is 7.31. The molecule has 0 fully saturated rings. The molecule has 4 heteroatoms. The predicted octanol–water partition coefficient (Wildman–Crippen LogP) is 12.8. The molecule has 1 rings (SSSR count). The smallest absolute Gasteiger partial charge is 0.226 e. The zero-order valence-corrected chi connectivity index (χ0v) is 31.8. The summed E-state index contributed by atoms with van der Waals surface area (Å²) in [5, 5.41) is 6.91. The SMILES string of the molecule is CCCCCCCCCCCCCCCCCCCC1NCC=[N+]1C(C)NC(=O)CCCCCCCCCCCCCCCCC. The number of hydrogen-bond donors (Lipinski definition) is 2. The van der Waals surface area contributed by atoms with Crippen molar-refractivity contribution in [3.63, 3.8) is 0 Å². The lowest BCUT2D eigenvalue weighted by Crippen LogP contribution is -2.46. The summed E-state index contributed by atoms with van der Waals surface area (Å²) in [5.74, 6) is 0.221. The summed E-state index contributed by atoms with van der Waals surface area (Å²) in [6.45, 7) is 7.66. The van der Waals surface area contributed by atoms with E-state index in [9.17, 15) is 4.79 Å². The highest BCUT2D eigenvalue weighted by molar-refractivity contribution is 5.76. The van der Waals surface area contributed by atoms with E-state index in [1.807, 2.05) is 0 Å². The molecule has 2 N–H and O–H groups in total. The van der Waals surface area contributed by atoms with Gasteiger partial charge in [0.1, 0.15) is 0 Å². The Labute approximate surface area is 289 Å². The lowest BCUT2D eigenvalue weighted by molar-refractivity contribution is -0.595. The van der Waals surface area contributed by atoms with Gasteiger partial charge in [0, 0.05) is 19.8 Å². The molecule has 0 aliphatic carbocycles. The van der Waals surface area contributed by atoms with Crippen molar-refractivity contribution in [2.75, 3.05) is 6.54 Å². The van der Waals surface area contributed by atoms with E-state index in [2.05, 4.69) is 42.2 Å². The van der Waals surface area contributed by atoms with Crippen molar-refractivity contribution in [1.82, 2.24) is 10.6 Å². The first-order chi connectivity index (χ1) is 22.7. The zero-order chi connectivity index (χ0) is 33.2. The van der Waals surface area contributed by atoms with Crippen LogP contribution in [0.15, 0.2) is 0 Å². The van der Waals surface area contributed by atoms with Gasteiger partial charge in [-0.3, -0.25) is 10.1 Å². The molecular weight excluding hydrogens is 562 g/mol. The van der Waals surface area contributed by atoms with Gasteiger partial charge >= 0.3 is 0 Å². The summed E-state index contributed by atoms with van der Waals surface area (Å²) in [6, 6.07) is 0. The van der Waals surface area contributed by atoms with Gasteiger partial charge in [-0.15, -0.1) is 0 Å². The molecule has 0 saturated carbocycles. The number of hydrogen-bond acceptors (Lipinski definition) is 2. The van der Waals surface area contributed by atoms with Gasteiger partial charge in [0.15, 0.2) is 6.21 Å². The van der Waals surface area contributed by atoms with Crippen LogP contribution < -0.4 is 10.6 Å². The minimum absolute atomic E-state index is 0.0784. The first kappa shape index (κ1) is 43.1. The standard InChI is InChI=1S/C42H83N3O/c1-4-6-8-10-12-14-16-18-20-21-23-24-26-28-30-32-34-36-41-43-38-39-45(41)40(3)44-42(46)37-35-33-31-29-27-25-22-19-17-15-13-11-9-7-5-2/h39-41,43H,4-38H2,1-3H3/p+1. The van der Waals surface area contributed by atoms with Crippen LogP contribution in [0.3, 0.4) is 0 Å². The van der Waals surface area contributed by atoms with E-state index in [4.69, 9.17) is 0 Å². The Morgan fingerprint density at radius 3 is 1.26 bits per heavy atom. The van der Waals surface area contributed by atoms with Crippen LogP contribution in [0.25, 0.3) is 0 Å². The second kappa shape index (κ2) is 34.0. The summed E-state index contributed by atoms with van der Waals surface area (Å²) < 4.78 is 2.36. The molecule has 0 spiro atoms. The third kappa shape index (κ3) is 27.1. The Bertz CT molecular complexity index is 678. The molecule has 0 radical (unpaired) electrons. The van der Waals surface area contributed by atoms with Crippen LogP contribution in [0.1, 0.15) is 239 Å². The van der Waals surface area contributed by atoms with Crippen molar-refractivity contribution in [2.24, 2.45) is 0 Å². The largest absolute Gasteiger partial charge is 0.299 e. The quantitative estimate of drug-likeness (QED) is 0.0525. The molecule has 0 aromatic rings. The lowest BCUT2D eigenvalue weighted by atomic mass is 10.0. The molecule has 1 heterocycles. The molecule has 1 aliphatic heterocycles. The van der Waals surface area contributed by atoms with Gasteiger partial charge in [-0.05, 0) is 12.8 Å². The molecule has 272 valence electrons. The van der Waals surface area contributed by atoms with Crippen molar-refractivity contribution < 1.29 is 9.37 Å². The Balaban J connectivity index is 1.90. The van der Waals surface area contributed by atoms with E-state index in [0.29, 0.717) is 12.6 Å². The van der Waals surface area contributed by atoms with E-state index >= 15 is 0 Å². The summed E-state index contributed by atoms with van der Waals surface area (Å²) in [5.41, 5.74) is 0. The van der Waals surface area contributed by atoms with Gasteiger partial charge in [0.05, 0.1) is 6.54 Å². The van der Waals surface area contributed by atoms with Crippen LogP contribution in [0.2, 0.25) is 0 Å². The fraction of sp³-hybridized carbons (Fsp3) is 0.952. The second-order valence-corrected chi connectivity index (χ2v) is 14.9. The van der Waals surface area contributed by atoms with Crippen molar-refractivity contribution in [1.29, 1.82) is 0 Å². The zero-order valence-electron chi connectivity index (χ0n) is 31.8. The summed E-state index contributed by atoms with van der Waals surface area (Å²) >= 11 is 0. The van der Waals surface area contributed by atoms with Crippen LogP contribution in [0.5, 0.6) is 0 Å². The highest BCUT2D eigenvalue weighted by Crippen LogP contribution is 2.16. The number of carbonyl (C=O) groups is 1. The normalized spacial score (nSPS) is 15.4. The van der Waals surface area contributed by atoms with E-state index in [0.717, 1.165) is 13.0 Å². The van der Waals surface area contributed by atoms with Crippen LogP contribution in [-0.4, -0.2) is 35.6 Å². The minimum atomic E-state index is 0.0784. The van der Waals surface area contributed by atoms with Crippen molar-refractivity contribution in [3.05, 3.63) is 0 Å². The maximum atomic E-state index is 12.6.